The standard InChI is InChI=1S/C11H10BrFN2O2/c1-5-6(12)3-7(13)11(16-2)10(5)8-4-9(14)15-17-8/h3-4H,1-2H3,(H2,14,15). The van der Waals surface area contributed by atoms with E-state index in [0.29, 0.717) is 15.8 Å². The highest BCUT2D eigenvalue weighted by molar-refractivity contribution is 9.10. The van der Waals surface area contributed by atoms with E-state index in [1.165, 1.54) is 19.2 Å². The second-order valence-corrected chi connectivity index (χ2v) is 4.34. The third-order valence-electron chi connectivity index (χ3n) is 2.41. The average Bonchev–Trinajstić information content (AvgIpc) is 2.69. The highest BCUT2D eigenvalue weighted by Gasteiger charge is 2.20. The molecule has 0 saturated carbocycles. The van der Waals surface area contributed by atoms with Crippen molar-refractivity contribution in [1.82, 2.24) is 5.16 Å². The predicted molar refractivity (Wildman–Crippen MR) is 65.3 cm³/mol. The summed E-state index contributed by atoms with van der Waals surface area (Å²) in [7, 11) is 1.40. The Morgan fingerprint density at radius 2 is 2.18 bits per heavy atom. The molecule has 0 fully saturated rings. The van der Waals surface area contributed by atoms with Crippen LogP contribution in [0.1, 0.15) is 5.56 Å². The van der Waals surface area contributed by atoms with Gasteiger partial charge in [0.25, 0.3) is 0 Å². The average molecular weight is 301 g/mol. The van der Waals surface area contributed by atoms with Crippen LogP contribution < -0.4 is 10.5 Å². The van der Waals surface area contributed by atoms with Crippen LogP contribution in [0.5, 0.6) is 5.75 Å². The van der Waals surface area contributed by atoms with E-state index in [1.54, 1.807) is 0 Å². The Morgan fingerprint density at radius 1 is 1.47 bits per heavy atom. The number of ether oxygens (including phenoxy) is 1. The number of anilines is 1. The first kappa shape index (κ1) is 11.9. The van der Waals surface area contributed by atoms with E-state index in [0.717, 1.165) is 5.56 Å². The lowest BCUT2D eigenvalue weighted by Crippen LogP contribution is -1.95. The van der Waals surface area contributed by atoms with Gasteiger partial charge in [0.1, 0.15) is 0 Å². The van der Waals surface area contributed by atoms with E-state index in [1.807, 2.05) is 6.92 Å². The molecule has 1 aromatic heterocycles. The van der Waals surface area contributed by atoms with Crippen LogP contribution >= 0.6 is 15.9 Å². The van der Waals surface area contributed by atoms with Gasteiger partial charge in [-0.15, -0.1) is 0 Å². The van der Waals surface area contributed by atoms with Gasteiger partial charge < -0.3 is 15.0 Å². The molecule has 90 valence electrons. The van der Waals surface area contributed by atoms with E-state index in [-0.39, 0.29) is 11.6 Å². The van der Waals surface area contributed by atoms with Crippen molar-refractivity contribution in [3.05, 3.63) is 28.0 Å². The van der Waals surface area contributed by atoms with Crippen molar-refractivity contribution in [2.45, 2.75) is 6.92 Å². The Balaban J connectivity index is 2.74. The van der Waals surface area contributed by atoms with Gasteiger partial charge in [0.2, 0.25) is 0 Å². The second kappa shape index (κ2) is 4.37. The quantitative estimate of drug-likeness (QED) is 0.925. The first-order valence-corrected chi connectivity index (χ1v) is 5.59. The number of nitrogen functional groups attached to an aromatic ring is 1. The summed E-state index contributed by atoms with van der Waals surface area (Å²) in [6.45, 7) is 1.82. The SMILES string of the molecule is COc1c(F)cc(Br)c(C)c1-c1cc(N)no1. The summed E-state index contributed by atoms with van der Waals surface area (Å²) in [6, 6.07) is 2.87. The summed E-state index contributed by atoms with van der Waals surface area (Å²) in [6.07, 6.45) is 0. The second-order valence-electron chi connectivity index (χ2n) is 3.49. The normalized spacial score (nSPS) is 10.6. The topological polar surface area (TPSA) is 61.3 Å². The fraction of sp³-hybridized carbons (Fsp3) is 0.182. The van der Waals surface area contributed by atoms with E-state index in [2.05, 4.69) is 21.1 Å². The molecule has 6 heteroatoms. The van der Waals surface area contributed by atoms with Crippen LogP contribution in [0.2, 0.25) is 0 Å². The van der Waals surface area contributed by atoms with Crippen molar-refractivity contribution in [2.24, 2.45) is 0 Å². The minimum absolute atomic E-state index is 0.113. The summed E-state index contributed by atoms with van der Waals surface area (Å²) < 4.78 is 24.5. The highest BCUT2D eigenvalue weighted by atomic mass is 79.9. The van der Waals surface area contributed by atoms with Crippen LogP contribution in [0.4, 0.5) is 10.2 Å². The Kier molecular flexibility index (Phi) is 3.06. The lowest BCUT2D eigenvalue weighted by Gasteiger charge is -2.11. The third kappa shape index (κ3) is 2.00. The van der Waals surface area contributed by atoms with Gasteiger partial charge in [-0.3, -0.25) is 0 Å². The fourth-order valence-electron chi connectivity index (χ4n) is 1.60. The molecule has 0 aliphatic heterocycles. The summed E-state index contributed by atoms with van der Waals surface area (Å²) in [4.78, 5) is 0. The number of nitrogens with two attached hydrogens (primary N) is 1. The maximum absolute atomic E-state index is 13.7. The number of methoxy groups -OCH3 is 1. The van der Waals surface area contributed by atoms with Gasteiger partial charge in [0.15, 0.2) is 23.1 Å². The number of halogens is 2. The van der Waals surface area contributed by atoms with E-state index in [9.17, 15) is 4.39 Å². The molecule has 0 amide bonds. The van der Waals surface area contributed by atoms with Gasteiger partial charge >= 0.3 is 0 Å². The lowest BCUT2D eigenvalue weighted by molar-refractivity contribution is 0.382. The molecule has 0 atom stereocenters. The van der Waals surface area contributed by atoms with Crippen molar-refractivity contribution < 1.29 is 13.7 Å². The van der Waals surface area contributed by atoms with Gasteiger partial charge in [-0.2, -0.15) is 0 Å². The molecular weight excluding hydrogens is 291 g/mol. The Hall–Kier alpha value is -1.56. The first-order chi connectivity index (χ1) is 8.04. The number of benzene rings is 1. The molecule has 0 spiro atoms. The summed E-state index contributed by atoms with van der Waals surface area (Å²) in [5.74, 6) is 0.246. The highest BCUT2D eigenvalue weighted by Crippen LogP contribution is 2.39. The van der Waals surface area contributed by atoms with Gasteiger partial charge in [0.05, 0.1) is 12.7 Å². The molecule has 2 rings (SSSR count). The number of rotatable bonds is 2. The van der Waals surface area contributed by atoms with Crippen molar-refractivity contribution in [3.8, 4) is 17.1 Å². The monoisotopic (exact) mass is 300 g/mol. The van der Waals surface area contributed by atoms with Gasteiger partial charge in [-0.1, -0.05) is 21.1 Å². The summed E-state index contributed by atoms with van der Waals surface area (Å²) in [5, 5.41) is 3.58. The van der Waals surface area contributed by atoms with E-state index >= 15 is 0 Å². The Labute approximate surface area is 106 Å². The molecule has 2 N–H and O–H groups in total. The van der Waals surface area contributed by atoms with Crippen LogP contribution in [0.3, 0.4) is 0 Å². The molecule has 2 aromatic rings. The van der Waals surface area contributed by atoms with Gasteiger partial charge in [0, 0.05) is 10.5 Å². The van der Waals surface area contributed by atoms with E-state index < -0.39 is 5.82 Å². The maximum atomic E-state index is 13.7. The molecule has 0 aliphatic rings. The van der Waals surface area contributed by atoms with Crippen LogP contribution in [0, 0.1) is 12.7 Å². The Bertz CT molecular complexity index is 569. The zero-order valence-corrected chi connectivity index (χ0v) is 10.8. The fourth-order valence-corrected chi connectivity index (χ4v) is 2.00. The zero-order chi connectivity index (χ0) is 12.6. The minimum atomic E-state index is -0.477. The third-order valence-corrected chi connectivity index (χ3v) is 3.23. The number of aromatic nitrogens is 1. The summed E-state index contributed by atoms with van der Waals surface area (Å²) in [5.41, 5.74) is 6.78. The lowest BCUT2D eigenvalue weighted by atomic mass is 10.0. The predicted octanol–water partition coefficient (Wildman–Crippen LogP) is 3.14. The minimum Gasteiger partial charge on any atom is -0.493 e. The molecule has 17 heavy (non-hydrogen) atoms. The molecule has 1 aromatic carbocycles. The van der Waals surface area contributed by atoms with Gasteiger partial charge in [-0.05, 0) is 18.6 Å². The summed E-state index contributed by atoms with van der Waals surface area (Å²) >= 11 is 3.28. The smallest absolute Gasteiger partial charge is 0.173 e. The Morgan fingerprint density at radius 3 is 2.71 bits per heavy atom. The molecule has 0 unspecified atom stereocenters. The molecule has 0 bridgehead atoms. The maximum Gasteiger partial charge on any atom is 0.173 e. The van der Waals surface area contributed by atoms with Crippen LogP contribution in [0.25, 0.3) is 11.3 Å². The molecule has 0 radical (unpaired) electrons. The van der Waals surface area contributed by atoms with Crippen LogP contribution in [0.15, 0.2) is 21.1 Å². The van der Waals surface area contributed by atoms with Crippen molar-refractivity contribution in [1.29, 1.82) is 0 Å². The number of hydrogen-bond acceptors (Lipinski definition) is 4. The van der Waals surface area contributed by atoms with Crippen molar-refractivity contribution in [3.63, 3.8) is 0 Å². The molecule has 4 nitrogen and oxygen atoms in total. The van der Waals surface area contributed by atoms with Crippen molar-refractivity contribution >= 4 is 21.7 Å². The van der Waals surface area contributed by atoms with Crippen LogP contribution in [-0.4, -0.2) is 12.3 Å². The molecule has 0 aliphatic carbocycles. The number of hydrogen-bond donors (Lipinski definition) is 1. The molecule has 1 heterocycles. The molecular formula is C11H10BrFN2O2. The van der Waals surface area contributed by atoms with Crippen molar-refractivity contribution in [2.75, 3.05) is 12.8 Å². The van der Waals surface area contributed by atoms with Crippen LogP contribution in [-0.2, 0) is 0 Å². The zero-order valence-electron chi connectivity index (χ0n) is 9.25. The van der Waals surface area contributed by atoms with E-state index in [4.69, 9.17) is 15.0 Å². The number of nitrogens with zero attached hydrogens (tertiary/aromatic N) is 1. The first-order valence-electron chi connectivity index (χ1n) is 4.79. The van der Waals surface area contributed by atoms with Gasteiger partial charge in [-0.25, -0.2) is 4.39 Å². The molecule has 0 saturated heterocycles. The largest absolute Gasteiger partial charge is 0.493 e.